The van der Waals surface area contributed by atoms with E-state index in [0.717, 1.165) is 0 Å². The number of aryl methyl sites for hydroxylation is 1. The van der Waals surface area contributed by atoms with E-state index >= 15 is 0 Å². The monoisotopic (exact) mass is 298 g/mol. The number of benzene rings is 1. The average Bonchev–Trinajstić information content (AvgIpc) is 2.39. The van der Waals surface area contributed by atoms with Gasteiger partial charge in [0.25, 0.3) is 5.91 Å². The summed E-state index contributed by atoms with van der Waals surface area (Å²) >= 11 is 0. The molecular formula is C13H18N2O4S. The van der Waals surface area contributed by atoms with Gasteiger partial charge in [-0.1, -0.05) is 18.2 Å². The topological polar surface area (TPSA) is 89.7 Å². The van der Waals surface area contributed by atoms with Gasteiger partial charge in [0.1, 0.15) is 0 Å². The standard InChI is InChI=1S/C13H18N2O4S/c1-10-5-3-4-6-11(10)20(17,18)15-7-8-19-13(2,9-15)12(14)16/h3-6H,7-9H2,1-2H3,(H2,14,16)/t13-/m0/s1. The molecule has 0 bridgehead atoms. The molecule has 0 spiro atoms. The number of hydrogen-bond acceptors (Lipinski definition) is 4. The van der Waals surface area contributed by atoms with Gasteiger partial charge in [0, 0.05) is 6.54 Å². The molecule has 1 atom stereocenters. The molecule has 0 radical (unpaired) electrons. The number of carbonyl (C=O) groups is 1. The molecule has 0 aromatic heterocycles. The number of amides is 1. The smallest absolute Gasteiger partial charge is 0.250 e. The molecule has 1 aliphatic heterocycles. The summed E-state index contributed by atoms with van der Waals surface area (Å²) in [7, 11) is -3.65. The molecule has 1 amide bonds. The third kappa shape index (κ3) is 2.56. The number of hydrogen-bond donors (Lipinski definition) is 1. The van der Waals surface area contributed by atoms with Crippen LogP contribution in [0.25, 0.3) is 0 Å². The van der Waals surface area contributed by atoms with E-state index < -0.39 is 21.5 Å². The SMILES string of the molecule is Cc1ccccc1S(=O)(=O)N1CCO[C@](C)(C(N)=O)C1. The van der Waals surface area contributed by atoms with E-state index in [9.17, 15) is 13.2 Å². The third-order valence-electron chi connectivity index (χ3n) is 3.47. The van der Waals surface area contributed by atoms with Gasteiger partial charge in [-0.25, -0.2) is 8.42 Å². The van der Waals surface area contributed by atoms with Crippen molar-refractivity contribution in [3.8, 4) is 0 Å². The quantitative estimate of drug-likeness (QED) is 0.866. The number of morpholine rings is 1. The van der Waals surface area contributed by atoms with Crippen LogP contribution in [0.5, 0.6) is 0 Å². The van der Waals surface area contributed by atoms with Crippen molar-refractivity contribution in [1.82, 2.24) is 4.31 Å². The minimum Gasteiger partial charge on any atom is -0.367 e. The molecule has 1 aromatic carbocycles. The van der Waals surface area contributed by atoms with Crippen LogP contribution >= 0.6 is 0 Å². The number of nitrogens with zero attached hydrogens (tertiary/aromatic N) is 1. The Bertz CT molecular complexity index is 629. The van der Waals surface area contributed by atoms with Gasteiger partial charge in [-0.15, -0.1) is 0 Å². The van der Waals surface area contributed by atoms with Gasteiger partial charge in [0.2, 0.25) is 10.0 Å². The van der Waals surface area contributed by atoms with Crippen molar-refractivity contribution in [2.24, 2.45) is 5.73 Å². The highest BCUT2D eigenvalue weighted by atomic mass is 32.2. The number of primary amides is 1. The van der Waals surface area contributed by atoms with Crippen molar-refractivity contribution in [3.05, 3.63) is 29.8 Å². The van der Waals surface area contributed by atoms with Crippen LogP contribution in [0.3, 0.4) is 0 Å². The highest BCUT2D eigenvalue weighted by Crippen LogP contribution is 2.25. The first-order valence-electron chi connectivity index (χ1n) is 6.27. The Morgan fingerprint density at radius 3 is 2.65 bits per heavy atom. The molecule has 2 rings (SSSR count). The van der Waals surface area contributed by atoms with E-state index in [4.69, 9.17) is 10.5 Å². The van der Waals surface area contributed by atoms with Crippen LogP contribution in [0, 0.1) is 6.92 Å². The Morgan fingerprint density at radius 1 is 1.40 bits per heavy atom. The number of ether oxygens (including phenoxy) is 1. The van der Waals surface area contributed by atoms with Crippen LogP contribution in [0.2, 0.25) is 0 Å². The predicted molar refractivity (Wildman–Crippen MR) is 73.5 cm³/mol. The Labute approximate surface area is 118 Å². The second-order valence-corrected chi connectivity index (χ2v) is 6.95. The largest absolute Gasteiger partial charge is 0.367 e. The molecular weight excluding hydrogens is 280 g/mol. The molecule has 1 aliphatic rings. The third-order valence-corrected chi connectivity index (χ3v) is 5.48. The molecule has 0 saturated carbocycles. The van der Waals surface area contributed by atoms with Gasteiger partial charge < -0.3 is 10.5 Å². The lowest BCUT2D eigenvalue weighted by Gasteiger charge is -2.37. The fourth-order valence-electron chi connectivity index (χ4n) is 2.17. The van der Waals surface area contributed by atoms with E-state index in [1.165, 1.54) is 11.2 Å². The Morgan fingerprint density at radius 2 is 2.05 bits per heavy atom. The predicted octanol–water partition coefficient (Wildman–Crippen LogP) is 0.260. The molecule has 1 fully saturated rings. The molecule has 6 nitrogen and oxygen atoms in total. The molecule has 7 heteroatoms. The number of nitrogens with two attached hydrogens (primary N) is 1. The lowest BCUT2D eigenvalue weighted by atomic mass is 10.1. The Balaban J connectivity index is 2.36. The summed E-state index contributed by atoms with van der Waals surface area (Å²) in [4.78, 5) is 11.7. The molecule has 1 saturated heterocycles. The van der Waals surface area contributed by atoms with E-state index in [0.29, 0.717) is 5.56 Å². The highest BCUT2D eigenvalue weighted by Gasteiger charge is 2.42. The summed E-state index contributed by atoms with van der Waals surface area (Å²) in [6, 6.07) is 6.75. The van der Waals surface area contributed by atoms with E-state index in [-0.39, 0.29) is 24.6 Å². The lowest BCUT2D eigenvalue weighted by molar-refractivity contribution is -0.148. The van der Waals surface area contributed by atoms with Crippen LogP contribution in [0.1, 0.15) is 12.5 Å². The molecule has 0 aliphatic carbocycles. The second kappa shape index (κ2) is 5.16. The zero-order valence-electron chi connectivity index (χ0n) is 11.5. The van der Waals surface area contributed by atoms with Crippen LogP contribution in [-0.2, 0) is 19.6 Å². The zero-order chi connectivity index (χ0) is 15.0. The van der Waals surface area contributed by atoms with Gasteiger partial charge in [-0.05, 0) is 25.5 Å². The van der Waals surface area contributed by atoms with Gasteiger partial charge in [-0.3, -0.25) is 4.79 Å². The van der Waals surface area contributed by atoms with Crippen LogP contribution < -0.4 is 5.73 Å². The maximum absolute atomic E-state index is 12.6. The normalized spacial score (nSPS) is 24.5. The molecule has 0 unspecified atom stereocenters. The summed E-state index contributed by atoms with van der Waals surface area (Å²) in [6.07, 6.45) is 0. The van der Waals surface area contributed by atoms with Crippen LogP contribution in [0.15, 0.2) is 29.2 Å². The van der Waals surface area contributed by atoms with Crippen molar-refractivity contribution in [2.75, 3.05) is 19.7 Å². The first-order valence-corrected chi connectivity index (χ1v) is 7.71. The summed E-state index contributed by atoms with van der Waals surface area (Å²) in [5.41, 5.74) is 4.67. The van der Waals surface area contributed by atoms with Gasteiger partial charge >= 0.3 is 0 Å². The zero-order valence-corrected chi connectivity index (χ0v) is 12.3. The van der Waals surface area contributed by atoms with Crippen molar-refractivity contribution < 1.29 is 17.9 Å². The van der Waals surface area contributed by atoms with Crippen LogP contribution in [0.4, 0.5) is 0 Å². The number of sulfonamides is 1. The van der Waals surface area contributed by atoms with E-state index in [2.05, 4.69) is 0 Å². The first kappa shape index (κ1) is 15.0. The molecule has 1 aromatic rings. The van der Waals surface area contributed by atoms with Gasteiger partial charge in [-0.2, -0.15) is 4.31 Å². The minimum atomic E-state index is -3.65. The molecule has 2 N–H and O–H groups in total. The van der Waals surface area contributed by atoms with Crippen molar-refractivity contribution in [3.63, 3.8) is 0 Å². The fraction of sp³-hybridized carbons (Fsp3) is 0.462. The minimum absolute atomic E-state index is 0.0704. The maximum atomic E-state index is 12.6. The Kier molecular flexibility index (Phi) is 3.86. The molecule has 1 heterocycles. The van der Waals surface area contributed by atoms with E-state index in [1.807, 2.05) is 0 Å². The summed E-state index contributed by atoms with van der Waals surface area (Å²) in [6.45, 7) is 3.53. The average molecular weight is 298 g/mol. The van der Waals surface area contributed by atoms with Gasteiger partial charge in [0.05, 0.1) is 18.0 Å². The number of carbonyl (C=O) groups excluding carboxylic acids is 1. The maximum Gasteiger partial charge on any atom is 0.250 e. The van der Waals surface area contributed by atoms with Crippen molar-refractivity contribution in [2.45, 2.75) is 24.3 Å². The summed E-state index contributed by atoms with van der Waals surface area (Å²) in [5.74, 6) is -0.665. The fourth-order valence-corrected chi connectivity index (χ4v) is 3.91. The van der Waals surface area contributed by atoms with E-state index in [1.54, 1.807) is 31.2 Å². The molecule has 110 valence electrons. The molecule has 20 heavy (non-hydrogen) atoms. The Hall–Kier alpha value is -1.44. The number of rotatable bonds is 3. The first-order chi connectivity index (χ1) is 9.27. The summed E-state index contributed by atoms with van der Waals surface area (Å²) in [5, 5.41) is 0. The van der Waals surface area contributed by atoms with Crippen LogP contribution in [-0.4, -0.2) is 43.9 Å². The van der Waals surface area contributed by atoms with Crippen molar-refractivity contribution in [1.29, 1.82) is 0 Å². The summed E-state index contributed by atoms with van der Waals surface area (Å²) < 4.78 is 31.9. The lowest BCUT2D eigenvalue weighted by Crippen LogP contribution is -2.58. The highest BCUT2D eigenvalue weighted by molar-refractivity contribution is 7.89. The van der Waals surface area contributed by atoms with Crippen molar-refractivity contribution >= 4 is 15.9 Å². The van der Waals surface area contributed by atoms with Gasteiger partial charge in [0.15, 0.2) is 5.60 Å². The second-order valence-electron chi connectivity index (χ2n) is 5.05.